The molecule has 6 aromatic rings. The van der Waals surface area contributed by atoms with Crippen LogP contribution in [0.15, 0.2) is 61.1 Å². The molecule has 220 valence electrons. The van der Waals surface area contributed by atoms with Crippen LogP contribution in [0, 0.1) is 5.82 Å². The van der Waals surface area contributed by atoms with Crippen LogP contribution < -0.4 is 10.1 Å². The van der Waals surface area contributed by atoms with Gasteiger partial charge < -0.3 is 24.8 Å². The molecule has 0 amide bonds. The van der Waals surface area contributed by atoms with E-state index in [2.05, 4.69) is 40.3 Å². The number of halogens is 1. The summed E-state index contributed by atoms with van der Waals surface area (Å²) in [6, 6.07) is 12.5. The lowest BCUT2D eigenvalue weighted by Gasteiger charge is -2.12. The Bertz CT molecular complexity index is 1880. The number of anilines is 1. The quantitative estimate of drug-likeness (QED) is 0.200. The summed E-state index contributed by atoms with van der Waals surface area (Å²) < 4.78 is 20.5. The van der Waals surface area contributed by atoms with Crippen molar-refractivity contribution in [2.75, 3.05) is 59.7 Å². The van der Waals surface area contributed by atoms with Gasteiger partial charge in [-0.05, 0) is 70.7 Å². The molecule has 0 radical (unpaired) electrons. The van der Waals surface area contributed by atoms with Gasteiger partial charge in [-0.25, -0.2) is 14.4 Å². The molecule has 0 aliphatic carbocycles. The van der Waals surface area contributed by atoms with E-state index < -0.39 is 0 Å². The van der Waals surface area contributed by atoms with Crippen LogP contribution in [0.1, 0.15) is 0 Å². The number of likely N-dealkylation sites (N-methyl/N-ethyl adjacent to an activating group) is 2. The highest BCUT2D eigenvalue weighted by Crippen LogP contribution is 2.32. The van der Waals surface area contributed by atoms with E-state index >= 15 is 0 Å². The number of fused-ring (bicyclic) bond motifs is 2. The molecule has 12 heteroatoms. The molecule has 3 N–H and O–H groups in total. The number of benzene rings is 1. The van der Waals surface area contributed by atoms with Gasteiger partial charge in [0, 0.05) is 48.8 Å². The van der Waals surface area contributed by atoms with E-state index in [-0.39, 0.29) is 5.82 Å². The Morgan fingerprint density at radius 1 is 0.860 bits per heavy atom. The second kappa shape index (κ2) is 12.1. The summed E-state index contributed by atoms with van der Waals surface area (Å²) in [6.07, 6.45) is 5.14. The number of nitrogens with zero attached hydrogens (tertiary/aromatic N) is 7. The molecule has 0 aliphatic heterocycles. The topological polar surface area (TPSA) is 124 Å². The molecule has 43 heavy (non-hydrogen) atoms. The highest BCUT2D eigenvalue weighted by Gasteiger charge is 2.18. The van der Waals surface area contributed by atoms with Crippen molar-refractivity contribution in [3.8, 4) is 39.8 Å². The van der Waals surface area contributed by atoms with Crippen LogP contribution in [0.4, 0.5) is 10.1 Å². The maximum absolute atomic E-state index is 14.7. The highest BCUT2D eigenvalue weighted by molar-refractivity contribution is 5.95. The zero-order valence-corrected chi connectivity index (χ0v) is 24.5. The number of aromatic nitrogens is 7. The van der Waals surface area contributed by atoms with E-state index in [1.54, 1.807) is 18.6 Å². The Kier molecular flexibility index (Phi) is 7.95. The fourth-order valence-corrected chi connectivity index (χ4v) is 4.72. The van der Waals surface area contributed by atoms with Crippen molar-refractivity contribution in [2.45, 2.75) is 0 Å². The Balaban J connectivity index is 1.33. The van der Waals surface area contributed by atoms with Crippen LogP contribution in [0.3, 0.4) is 0 Å². The average Bonchev–Trinajstić information content (AvgIpc) is 3.60. The fraction of sp³-hybridized carbons (Fsp3) is 0.258. The molecule has 6 rings (SSSR count). The molecule has 0 atom stereocenters. The van der Waals surface area contributed by atoms with Gasteiger partial charge in [-0.2, -0.15) is 5.10 Å². The van der Waals surface area contributed by atoms with Crippen molar-refractivity contribution in [1.29, 1.82) is 0 Å². The standard InChI is InChI=1S/C31H33FN10O/c1-41(2)10-9-34-22-14-19(13-21(32)16-22)27-28-25(7-8-35-27)37-31(38-28)30-29-26(39-40-30)6-5-24(36-29)20-15-23(18-33-17-20)43-12-11-42(3)4/h5-8,13-18,34H,9-12H2,1-4H3,(H,37,38)(H,39,40). The maximum atomic E-state index is 14.7. The van der Waals surface area contributed by atoms with Crippen LogP contribution >= 0.6 is 0 Å². The SMILES string of the molecule is CN(C)CCNc1cc(F)cc(-c2nccc3[nH]c(-c4n[nH]c5ccc(-c6cncc(OCCN(C)C)c6)nc45)nc23)c1. The Hall–Kier alpha value is -4.94. The predicted octanol–water partition coefficient (Wildman–Crippen LogP) is 4.68. The molecule has 0 aliphatic rings. The van der Waals surface area contributed by atoms with Gasteiger partial charge in [0.25, 0.3) is 0 Å². The number of hydrogen-bond acceptors (Lipinski definition) is 9. The number of nitrogens with one attached hydrogen (secondary N) is 3. The highest BCUT2D eigenvalue weighted by atomic mass is 19.1. The second-order valence-electron chi connectivity index (χ2n) is 10.8. The Labute approximate surface area is 248 Å². The minimum atomic E-state index is -0.351. The number of hydrogen-bond donors (Lipinski definition) is 3. The van der Waals surface area contributed by atoms with Gasteiger partial charge in [0.15, 0.2) is 11.5 Å². The summed E-state index contributed by atoms with van der Waals surface area (Å²) in [5.74, 6) is 0.857. The molecule has 0 bridgehead atoms. The molecule has 0 saturated carbocycles. The van der Waals surface area contributed by atoms with Crippen molar-refractivity contribution in [1.82, 2.24) is 44.9 Å². The van der Waals surface area contributed by atoms with Crippen LogP contribution in [-0.4, -0.2) is 99.3 Å². The number of ether oxygens (including phenoxy) is 1. The van der Waals surface area contributed by atoms with Gasteiger partial charge in [0.1, 0.15) is 29.2 Å². The first kappa shape index (κ1) is 28.2. The van der Waals surface area contributed by atoms with Crippen LogP contribution in [0.2, 0.25) is 0 Å². The van der Waals surface area contributed by atoms with Crippen molar-refractivity contribution < 1.29 is 9.13 Å². The summed E-state index contributed by atoms with van der Waals surface area (Å²) >= 11 is 0. The molecule has 0 spiro atoms. The third-order valence-corrected chi connectivity index (χ3v) is 6.91. The lowest BCUT2D eigenvalue weighted by atomic mass is 10.1. The zero-order chi connectivity index (χ0) is 29.9. The van der Waals surface area contributed by atoms with Gasteiger partial charge in [-0.3, -0.25) is 15.1 Å². The number of imidazole rings is 1. The summed E-state index contributed by atoms with van der Waals surface area (Å²) in [7, 11) is 8.00. The fourth-order valence-electron chi connectivity index (χ4n) is 4.72. The Morgan fingerprint density at radius 2 is 1.70 bits per heavy atom. The van der Waals surface area contributed by atoms with Crippen molar-refractivity contribution in [3.63, 3.8) is 0 Å². The zero-order valence-electron chi connectivity index (χ0n) is 24.5. The third-order valence-electron chi connectivity index (χ3n) is 6.91. The van der Waals surface area contributed by atoms with E-state index in [1.807, 2.05) is 58.5 Å². The largest absolute Gasteiger partial charge is 0.491 e. The van der Waals surface area contributed by atoms with Gasteiger partial charge in [-0.15, -0.1) is 0 Å². The van der Waals surface area contributed by atoms with Gasteiger partial charge in [0.05, 0.1) is 28.6 Å². The first-order valence-corrected chi connectivity index (χ1v) is 14.0. The summed E-state index contributed by atoms with van der Waals surface area (Å²) in [4.78, 5) is 26.2. The molecular weight excluding hydrogens is 547 g/mol. The molecule has 5 aromatic heterocycles. The molecular formula is C31H33FN10O. The first-order valence-electron chi connectivity index (χ1n) is 14.0. The third kappa shape index (κ3) is 6.30. The van der Waals surface area contributed by atoms with E-state index in [1.165, 1.54) is 12.1 Å². The summed E-state index contributed by atoms with van der Waals surface area (Å²) in [5.41, 5.74) is 6.79. The normalized spacial score (nSPS) is 11.7. The summed E-state index contributed by atoms with van der Waals surface area (Å²) in [5, 5.41) is 10.9. The van der Waals surface area contributed by atoms with Crippen LogP contribution in [0.25, 0.3) is 56.1 Å². The van der Waals surface area contributed by atoms with Gasteiger partial charge >= 0.3 is 0 Å². The lowest BCUT2D eigenvalue weighted by Crippen LogP contribution is -2.20. The lowest BCUT2D eigenvalue weighted by molar-refractivity contribution is 0.261. The molecule has 0 unspecified atom stereocenters. The van der Waals surface area contributed by atoms with Gasteiger partial charge in [-0.1, -0.05) is 0 Å². The first-order chi connectivity index (χ1) is 20.8. The minimum absolute atomic E-state index is 0.351. The molecule has 0 saturated heterocycles. The van der Waals surface area contributed by atoms with Gasteiger partial charge in [0.2, 0.25) is 0 Å². The molecule has 1 aromatic carbocycles. The van der Waals surface area contributed by atoms with Crippen LogP contribution in [0.5, 0.6) is 5.75 Å². The minimum Gasteiger partial charge on any atom is -0.491 e. The molecule has 0 fully saturated rings. The average molecular weight is 581 g/mol. The maximum Gasteiger partial charge on any atom is 0.161 e. The van der Waals surface area contributed by atoms with E-state index in [0.29, 0.717) is 58.4 Å². The van der Waals surface area contributed by atoms with E-state index in [4.69, 9.17) is 14.7 Å². The number of H-pyrrole nitrogens is 2. The smallest absolute Gasteiger partial charge is 0.161 e. The molecule has 11 nitrogen and oxygen atoms in total. The van der Waals surface area contributed by atoms with E-state index in [9.17, 15) is 4.39 Å². The van der Waals surface area contributed by atoms with Crippen molar-refractivity contribution in [2.24, 2.45) is 0 Å². The Morgan fingerprint density at radius 3 is 2.53 bits per heavy atom. The monoisotopic (exact) mass is 580 g/mol. The number of rotatable bonds is 11. The predicted molar refractivity (Wildman–Crippen MR) is 166 cm³/mol. The van der Waals surface area contributed by atoms with Crippen LogP contribution in [-0.2, 0) is 0 Å². The molecule has 5 heterocycles. The second-order valence-corrected chi connectivity index (χ2v) is 10.8. The van der Waals surface area contributed by atoms with Crippen molar-refractivity contribution >= 4 is 27.8 Å². The van der Waals surface area contributed by atoms with Crippen molar-refractivity contribution in [3.05, 3.63) is 66.9 Å². The number of aromatic amines is 2. The van der Waals surface area contributed by atoms with E-state index in [0.717, 1.165) is 35.4 Å². The number of pyridine rings is 3. The summed E-state index contributed by atoms with van der Waals surface area (Å²) in [6.45, 7) is 2.87.